The summed E-state index contributed by atoms with van der Waals surface area (Å²) in [5.74, 6) is 1.86. The van der Waals surface area contributed by atoms with E-state index in [2.05, 4.69) is 15.5 Å². The van der Waals surface area contributed by atoms with Gasteiger partial charge in [-0.3, -0.25) is 9.36 Å². The molecular formula is C20H22N4O3. The fourth-order valence-corrected chi connectivity index (χ4v) is 2.82. The molecule has 1 amide bonds. The van der Waals surface area contributed by atoms with Gasteiger partial charge in [-0.2, -0.15) is 0 Å². The van der Waals surface area contributed by atoms with Crippen molar-refractivity contribution in [2.24, 2.45) is 0 Å². The van der Waals surface area contributed by atoms with E-state index in [1.165, 1.54) is 6.08 Å². The zero-order valence-corrected chi connectivity index (χ0v) is 15.8. The molecule has 0 saturated heterocycles. The van der Waals surface area contributed by atoms with Gasteiger partial charge in [0.15, 0.2) is 5.82 Å². The van der Waals surface area contributed by atoms with Crippen LogP contribution in [0.15, 0.2) is 41.1 Å². The molecule has 0 radical (unpaired) electrons. The van der Waals surface area contributed by atoms with Crippen LogP contribution in [0, 0.1) is 20.8 Å². The highest BCUT2D eigenvalue weighted by Gasteiger charge is 2.12. The van der Waals surface area contributed by atoms with Crippen molar-refractivity contribution in [2.45, 2.75) is 27.3 Å². The number of methoxy groups -OCH3 is 1. The van der Waals surface area contributed by atoms with E-state index in [0.29, 0.717) is 12.4 Å². The molecule has 1 N–H and O–H groups in total. The minimum Gasteiger partial charge on any atom is -0.481 e. The number of ether oxygens (including phenoxy) is 1. The predicted octanol–water partition coefficient (Wildman–Crippen LogP) is 3.12. The molecule has 0 bridgehead atoms. The van der Waals surface area contributed by atoms with Crippen molar-refractivity contribution >= 4 is 12.0 Å². The van der Waals surface area contributed by atoms with Crippen LogP contribution in [0.5, 0.6) is 5.88 Å². The van der Waals surface area contributed by atoms with E-state index < -0.39 is 0 Å². The number of nitrogens with zero attached hydrogens (tertiary/aromatic N) is 3. The number of carbonyl (C=O) groups excluding carboxylic acids is 1. The van der Waals surface area contributed by atoms with E-state index in [4.69, 9.17) is 9.26 Å². The third kappa shape index (κ3) is 4.25. The predicted molar refractivity (Wildman–Crippen MR) is 102 cm³/mol. The van der Waals surface area contributed by atoms with Gasteiger partial charge in [-0.15, -0.1) is 0 Å². The molecule has 0 aliphatic carbocycles. The van der Waals surface area contributed by atoms with Crippen molar-refractivity contribution in [1.82, 2.24) is 20.0 Å². The summed E-state index contributed by atoms with van der Waals surface area (Å²) in [5, 5.41) is 6.90. The van der Waals surface area contributed by atoms with Crippen LogP contribution in [-0.2, 0) is 11.3 Å². The van der Waals surface area contributed by atoms with Crippen molar-refractivity contribution in [1.29, 1.82) is 0 Å². The van der Waals surface area contributed by atoms with E-state index in [-0.39, 0.29) is 5.91 Å². The van der Waals surface area contributed by atoms with Gasteiger partial charge in [0.25, 0.3) is 0 Å². The number of amides is 1. The summed E-state index contributed by atoms with van der Waals surface area (Å²) >= 11 is 0. The second-order valence-electron chi connectivity index (χ2n) is 6.22. The van der Waals surface area contributed by atoms with Gasteiger partial charge < -0.3 is 14.6 Å². The standard InChI is InChI=1S/C20H22N4O3/c1-13-9-17(15(3)24(13)18-10-14(2)27-23-18)6-7-19(25)21-11-16-5-8-20(26-4)22-12-16/h5-10,12H,11H2,1-4H3,(H,21,25)/b7-6+. The van der Waals surface area contributed by atoms with E-state index in [0.717, 1.165) is 34.1 Å². The SMILES string of the molecule is COc1ccc(CNC(=O)/C=C/c2cc(C)n(-c3cc(C)on3)c2C)cn1. The maximum Gasteiger partial charge on any atom is 0.244 e. The van der Waals surface area contributed by atoms with Gasteiger partial charge in [-0.25, -0.2) is 4.98 Å². The summed E-state index contributed by atoms with van der Waals surface area (Å²) in [7, 11) is 1.56. The molecule has 0 aliphatic rings. The quantitative estimate of drug-likeness (QED) is 0.678. The second-order valence-corrected chi connectivity index (χ2v) is 6.22. The number of carbonyl (C=O) groups is 1. The van der Waals surface area contributed by atoms with Crippen molar-refractivity contribution in [3.8, 4) is 11.7 Å². The topological polar surface area (TPSA) is 82.2 Å². The minimum absolute atomic E-state index is 0.173. The Balaban J connectivity index is 1.65. The number of nitrogens with one attached hydrogen (secondary N) is 1. The maximum absolute atomic E-state index is 12.1. The first kappa shape index (κ1) is 18.4. The van der Waals surface area contributed by atoms with Crippen LogP contribution in [0.4, 0.5) is 0 Å². The van der Waals surface area contributed by atoms with Crippen LogP contribution in [0.2, 0.25) is 0 Å². The molecule has 3 aromatic heterocycles. The van der Waals surface area contributed by atoms with Crippen LogP contribution in [-0.4, -0.2) is 27.7 Å². The van der Waals surface area contributed by atoms with Crippen LogP contribution < -0.4 is 10.1 Å². The lowest BCUT2D eigenvalue weighted by Crippen LogP contribution is -2.20. The van der Waals surface area contributed by atoms with Crippen LogP contribution in [0.1, 0.15) is 28.3 Å². The highest BCUT2D eigenvalue weighted by atomic mass is 16.5. The Kier molecular flexibility index (Phi) is 5.40. The zero-order chi connectivity index (χ0) is 19.4. The van der Waals surface area contributed by atoms with Crippen LogP contribution >= 0.6 is 0 Å². The summed E-state index contributed by atoms with van der Waals surface area (Å²) in [6.07, 6.45) is 5.00. The molecule has 0 aromatic carbocycles. The summed E-state index contributed by atoms with van der Waals surface area (Å²) in [6.45, 7) is 6.23. The van der Waals surface area contributed by atoms with Gasteiger partial charge in [0.05, 0.1) is 7.11 Å². The second kappa shape index (κ2) is 7.90. The molecule has 0 spiro atoms. The first-order valence-corrected chi connectivity index (χ1v) is 8.55. The van der Waals surface area contributed by atoms with Crippen LogP contribution in [0.25, 0.3) is 11.9 Å². The third-order valence-electron chi connectivity index (χ3n) is 4.20. The zero-order valence-electron chi connectivity index (χ0n) is 15.8. The lowest BCUT2D eigenvalue weighted by molar-refractivity contribution is -0.116. The molecule has 0 aliphatic heterocycles. The van der Waals surface area contributed by atoms with Gasteiger partial charge in [0, 0.05) is 42.3 Å². The summed E-state index contributed by atoms with van der Waals surface area (Å²) in [4.78, 5) is 16.2. The van der Waals surface area contributed by atoms with Crippen molar-refractivity contribution in [2.75, 3.05) is 7.11 Å². The van der Waals surface area contributed by atoms with Gasteiger partial charge in [0.2, 0.25) is 11.8 Å². The van der Waals surface area contributed by atoms with Gasteiger partial charge in [0.1, 0.15) is 5.76 Å². The Morgan fingerprint density at radius 1 is 1.30 bits per heavy atom. The first-order valence-electron chi connectivity index (χ1n) is 8.55. The van der Waals surface area contributed by atoms with E-state index >= 15 is 0 Å². The average molecular weight is 366 g/mol. The van der Waals surface area contributed by atoms with Crippen LogP contribution in [0.3, 0.4) is 0 Å². The van der Waals surface area contributed by atoms with E-state index in [1.807, 2.05) is 43.5 Å². The molecule has 27 heavy (non-hydrogen) atoms. The van der Waals surface area contributed by atoms with Crippen molar-refractivity contribution < 1.29 is 14.1 Å². The monoisotopic (exact) mass is 366 g/mol. The summed E-state index contributed by atoms with van der Waals surface area (Å²) in [5.41, 5.74) is 3.86. The molecule has 3 heterocycles. The normalized spacial score (nSPS) is 11.1. The van der Waals surface area contributed by atoms with Crippen molar-refractivity contribution in [3.05, 3.63) is 64.8 Å². The lowest BCUT2D eigenvalue weighted by Gasteiger charge is -2.04. The highest BCUT2D eigenvalue weighted by molar-refractivity contribution is 5.91. The minimum atomic E-state index is -0.173. The number of aromatic nitrogens is 3. The third-order valence-corrected chi connectivity index (χ3v) is 4.20. The fourth-order valence-electron chi connectivity index (χ4n) is 2.82. The molecule has 7 nitrogen and oxygen atoms in total. The molecule has 7 heteroatoms. The molecule has 0 atom stereocenters. The Hall–Kier alpha value is -3.35. The highest BCUT2D eigenvalue weighted by Crippen LogP contribution is 2.21. The smallest absolute Gasteiger partial charge is 0.244 e. The van der Waals surface area contributed by atoms with E-state index in [9.17, 15) is 4.79 Å². The first-order chi connectivity index (χ1) is 13.0. The lowest BCUT2D eigenvalue weighted by atomic mass is 10.2. The molecule has 140 valence electrons. The number of aryl methyl sites for hydroxylation is 2. The molecular weight excluding hydrogens is 344 g/mol. The molecule has 3 rings (SSSR count). The number of pyridine rings is 1. The molecule has 3 aromatic rings. The Morgan fingerprint density at radius 3 is 2.74 bits per heavy atom. The van der Waals surface area contributed by atoms with Gasteiger partial charge in [-0.1, -0.05) is 11.2 Å². The number of hydrogen-bond donors (Lipinski definition) is 1. The molecule has 0 fully saturated rings. The van der Waals surface area contributed by atoms with Gasteiger partial charge in [-0.05, 0) is 44.0 Å². The molecule has 0 saturated carbocycles. The van der Waals surface area contributed by atoms with Crippen molar-refractivity contribution in [3.63, 3.8) is 0 Å². The Labute approximate surface area is 157 Å². The van der Waals surface area contributed by atoms with E-state index in [1.54, 1.807) is 25.4 Å². The summed E-state index contributed by atoms with van der Waals surface area (Å²) in [6, 6.07) is 7.51. The number of hydrogen-bond acceptors (Lipinski definition) is 5. The van der Waals surface area contributed by atoms with Gasteiger partial charge >= 0.3 is 0 Å². The fraction of sp³-hybridized carbons (Fsp3) is 0.250. The number of rotatable bonds is 6. The maximum atomic E-state index is 12.1. The average Bonchev–Trinajstić information content (AvgIpc) is 3.21. The largest absolute Gasteiger partial charge is 0.481 e. The molecule has 0 unspecified atom stereocenters. The Bertz CT molecular complexity index is 968. The summed E-state index contributed by atoms with van der Waals surface area (Å²) < 4.78 is 12.2. The Morgan fingerprint density at radius 2 is 2.11 bits per heavy atom.